The van der Waals surface area contributed by atoms with E-state index in [1.165, 1.54) is 5.56 Å². The molecular weight excluding hydrogens is 228 g/mol. The first-order chi connectivity index (χ1) is 8.83. The average molecular weight is 250 g/mol. The fourth-order valence-corrected chi connectivity index (χ4v) is 2.39. The summed E-state index contributed by atoms with van der Waals surface area (Å²) in [5, 5.41) is 3.36. The van der Waals surface area contributed by atoms with Crippen molar-refractivity contribution in [2.24, 2.45) is 5.92 Å². The van der Waals surface area contributed by atoms with Crippen molar-refractivity contribution >= 4 is 0 Å². The van der Waals surface area contributed by atoms with E-state index >= 15 is 0 Å². The maximum absolute atomic E-state index is 5.50. The number of ether oxygens (including phenoxy) is 2. The van der Waals surface area contributed by atoms with Crippen molar-refractivity contribution in [3.8, 4) is 5.75 Å². The van der Waals surface area contributed by atoms with Gasteiger partial charge < -0.3 is 14.8 Å². The van der Waals surface area contributed by atoms with E-state index in [0.29, 0.717) is 18.6 Å². The van der Waals surface area contributed by atoms with Crippen LogP contribution >= 0.6 is 0 Å². The molecule has 2 atom stereocenters. The van der Waals surface area contributed by atoms with Crippen molar-refractivity contribution in [1.82, 2.24) is 10.3 Å². The van der Waals surface area contributed by atoms with Crippen LogP contribution < -0.4 is 10.1 Å². The molecule has 0 saturated carbocycles. The highest BCUT2D eigenvalue weighted by molar-refractivity contribution is 5.26. The summed E-state index contributed by atoms with van der Waals surface area (Å²) in [6, 6.07) is 2.40. The minimum atomic E-state index is 0.324. The Balaban J connectivity index is 2.03. The number of aromatic nitrogens is 1. The van der Waals surface area contributed by atoms with Gasteiger partial charge in [0.05, 0.1) is 12.8 Å². The number of hydrogen-bond acceptors (Lipinski definition) is 4. The molecule has 0 aromatic carbocycles. The van der Waals surface area contributed by atoms with Gasteiger partial charge in [-0.3, -0.25) is 4.98 Å². The zero-order chi connectivity index (χ0) is 12.8. The van der Waals surface area contributed by atoms with E-state index in [2.05, 4.69) is 16.4 Å². The fourth-order valence-electron chi connectivity index (χ4n) is 2.39. The Morgan fingerprint density at radius 2 is 2.44 bits per heavy atom. The molecule has 18 heavy (non-hydrogen) atoms. The number of nitrogens with zero attached hydrogens (tertiary/aromatic N) is 1. The van der Waals surface area contributed by atoms with Crippen molar-refractivity contribution in [2.45, 2.75) is 25.8 Å². The van der Waals surface area contributed by atoms with Gasteiger partial charge >= 0.3 is 0 Å². The summed E-state index contributed by atoms with van der Waals surface area (Å²) >= 11 is 0. The number of pyridine rings is 1. The highest BCUT2D eigenvalue weighted by Crippen LogP contribution is 2.27. The molecule has 0 radical (unpaired) electrons. The van der Waals surface area contributed by atoms with Gasteiger partial charge in [0.25, 0.3) is 0 Å². The standard InChI is InChI=1S/C14H22N2O2/c1-3-18-13-7-12(8-16-9-13)14(15-2)6-11-4-5-17-10-11/h7-9,11,14-15H,3-6,10H2,1-2H3. The molecule has 2 unspecified atom stereocenters. The van der Waals surface area contributed by atoms with Crippen molar-refractivity contribution < 1.29 is 9.47 Å². The Morgan fingerprint density at radius 1 is 1.56 bits per heavy atom. The topological polar surface area (TPSA) is 43.4 Å². The van der Waals surface area contributed by atoms with E-state index in [0.717, 1.165) is 31.8 Å². The summed E-state index contributed by atoms with van der Waals surface area (Å²) in [4.78, 5) is 4.25. The van der Waals surface area contributed by atoms with Gasteiger partial charge in [-0.1, -0.05) is 0 Å². The second kappa shape index (κ2) is 6.71. The van der Waals surface area contributed by atoms with E-state index in [9.17, 15) is 0 Å². The molecule has 2 rings (SSSR count). The molecule has 1 aliphatic rings. The van der Waals surface area contributed by atoms with Crippen LogP contribution in [0.1, 0.15) is 31.4 Å². The largest absolute Gasteiger partial charge is 0.492 e. The average Bonchev–Trinajstić information content (AvgIpc) is 2.89. The lowest BCUT2D eigenvalue weighted by Crippen LogP contribution is -2.20. The van der Waals surface area contributed by atoms with Crippen LogP contribution in [0, 0.1) is 5.92 Å². The first kappa shape index (κ1) is 13.3. The third-order valence-corrected chi connectivity index (χ3v) is 3.39. The molecule has 1 aliphatic heterocycles. The van der Waals surface area contributed by atoms with E-state index in [-0.39, 0.29) is 0 Å². The van der Waals surface area contributed by atoms with Crippen LogP contribution in [0.5, 0.6) is 5.75 Å². The fraction of sp³-hybridized carbons (Fsp3) is 0.643. The maximum Gasteiger partial charge on any atom is 0.137 e. The van der Waals surface area contributed by atoms with Crippen molar-refractivity contribution in [2.75, 3.05) is 26.9 Å². The Labute approximate surface area is 109 Å². The van der Waals surface area contributed by atoms with E-state index in [1.807, 2.05) is 20.2 Å². The van der Waals surface area contributed by atoms with Crippen LogP contribution in [0.25, 0.3) is 0 Å². The molecule has 4 nitrogen and oxygen atoms in total. The summed E-state index contributed by atoms with van der Waals surface area (Å²) in [6.45, 7) is 4.44. The lowest BCUT2D eigenvalue weighted by atomic mass is 9.95. The summed E-state index contributed by atoms with van der Waals surface area (Å²) in [7, 11) is 1.99. The number of rotatable bonds is 6. The number of nitrogens with one attached hydrogen (secondary N) is 1. The van der Waals surface area contributed by atoms with Crippen LogP contribution in [0.3, 0.4) is 0 Å². The van der Waals surface area contributed by atoms with Crippen LogP contribution in [0.4, 0.5) is 0 Å². The predicted octanol–water partition coefficient (Wildman–Crippen LogP) is 2.17. The molecular formula is C14H22N2O2. The molecule has 1 fully saturated rings. The van der Waals surface area contributed by atoms with Gasteiger partial charge in [0.2, 0.25) is 0 Å². The first-order valence-corrected chi connectivity index (χ1v) is 6.66. The van der Waals surface area contributed by atoms with Gasteiger partial charge in [0.1, 0.15) is 5.75 Å². The Hall–Kier alpha value is -1.13. The quantitative estimate of drug-likeness (QED) is 0.840. The Bertz CT molecular complexity index is 365. The smallest absolute Gasteiger partial charge is 0.137 e. The van der Waals surface area contributed by atoms with Gasteiger partial charge in [-0.05, 0) is 44.4 Å². The summed E-state index contributed by atoms with van der Waals surface area (Å²) in [5.41, 5.74) is 1.19. The van der Waals surface area contributed by atoms with Crippen molar-refractivity contribution in [1.29, 1.82) is 0 Å². The zero-order valence-corrected chi connectivity index (χ0v) is 11.2. The van der Waals surface area contributed by atoms with Crippen LogP contribution in [-0.4, -0.2) is 31.9 Å². The summed E-state index contributed by atoms with van der Waals surface area (Å²) in [5.74, 6) is 1.50. The van der Waals surface area contributed by atoms with E-state index in [1.54, 1.807) is 6.20 Å². The van der Waals surface area contributed by atoms with Gasteiger partial charge in [-0.25, -0.2) is 0 Å². The predicted molar refractivity (Wildman–Crippen MR) is 70.7 cm³/mol. The van der Waals surface area contributed by atoms with E-state index < -0.39 is 0 Å². The van der Waals surface area contributed by atoms with Gasteiger partial charge in [-0.2, -0.15) is 0 Å². The minimum absolute atomic E-state index is 0.324. The van der Waals surface area contributed by atoms with Crippen molar-refractivity contribution in [3.63, 3.8) is 0 Å². The molecule has 0 spiro atoms. The highest BCUT2D eigenvalue weighted by Gasteiger charge is 2.21. The minimum Gasteiger partial charge on any atom is -0.492 e. The van der Waals surface area contributed by atoms with Crippen LogP contribution in [0.15, 0.2) is 18.5 Å². The molecule has 1 N–H and O–H groups in total. The summed E-state index contributed by atoms with van der Waals surface area (Å²) in [6.07, 6.45) is 5.93. The molecule has 0 bridgehead atoms. The monoisotopic (exact) mass is 250 g/mol. The Kier molecular flexibility index (Phi) is 4.96. The zero-order valence-electron chi connectivity index (χ0n) is 11.2. The van der Waals surface area contributed by atoms with Crippen LogP contribution in [-0.2, 0) is 4.74 Å². The molecule has 1 aromatic rings. The molecule has 1 saturated heterocycles. The molecule has 4 heteroatoms. The lowest BCUT2D eigenvalue weighted by Gasteiger charge is -2.20. The molecule has 100 valence electrons. The maximum atomic E-state index is 5.50. The van der Waals surface area contributed by atoms with Crippen LogP contribution in [0.2, 0.25) is 0 Å². The molecule has 2 heterocycles. The third-order valence-electron chi connectivity index (χ3n) is 3.39. The normalized spacial score (nSPS) is 20.9. The SMILES string of the molecule is CCOc1cncc(C(CC2CCOC2)NC)c1. The Morgan fingerprint density at radius 3 is 3.11 bits per heavy atom. The summed E-state index contributed by atoms with van der Waals surface area (Å²) < 4.78 is 10.9. The molecule has 1 aromatic heterocycles. The van der Waals surface area contributed by atoms with Crippen molar-refractivity contribution in [3.05, 3.63) is 24.0 Å². The first-order valence-electron chi connectivity index (χ1n) is 6.66. The number of hydrogen-bond donors (Lipinski definition) is 1. The second-order valence-electron chi connectivity index (χ2n) is 4.69. The molecule has 0 aliphatic carbocycles. The lowest BCUT2D eigenvalue weighted by molar-refractivity contribution is 0.181. The van der Waals surface area contributed by atoms with Gasteiger partial charge in [0, 0.05) is 25.5 Å². The second-order valence-corrected chi connectivity index (χ2v) is 4.69. The molecule has 0 amide bonds. The van der Waals surface area contributed by atoms with Gasteiger partial charge in [-0.15, -0.1) is 0 Å². The third kappa shape index (κ3) is 3.43. The highest BCUT2D eigenvalue weighted by atomic mass is 16.5. The van der Waals surface area contributed by atoms with E-state index in [4.69, 9.17) is 9.47 Å². The van der Waals surface area contributed by atoms with Gasteiger partial charge in [0.15, 0.2) is 0 Å².